The molecule has 0 unspecified atom stereocenters. The first kappa shape index (κ1) is 31.1. The predicted molar refractivity (Wildman–Crippen MR) is 167 cm³/mol. The van der Waals surface area contributed by atoms with Crippen molar-refractivity contribution in [1.82, 2.24) is 4.90 Å². The highest BCUT2D eigenvalue weighted by Crippen LogP contribution is 2.14. The minimum atomic E-state index is 0.878. The van der Waals surface area contributed by atoms with Crippen LogP contribution in [0.25, 0.3) is 12.2 Å². The predicted octanol–water partition coefficient (Wildman–Crippen LogP) is 10.8. The minimum Gasteiger partial charge on any atom is -0.296 e. The average Bonchev–Trinajstić information content (AvgIpc) is 2.91. The van der Waals surface area contributed by atoms with Crippen molar-refractivity contribution >= 4 is 12.2 Å². The van der Waals surface area contributed by atoms with Gasteiger partial charge in [-0.05, 0) is 30.0 Å². The third-order valence-corrected chi connectivity index (χ3v) is 7.20. The highest BCUT2D eigenvalue weighted by atomic mass is 15.1. The second kappa shape index (κ2) is 21.9. The van der Waals surface area contributed by atoms with Gasteiger partial charge in [-0.3, -0.25) is 4.90 Å². The molecule has 0 N–H and O–H groups in total. The zero-order chi connectivity index (χ0) is 26.2. The van der Waals surface area contributed by atoms with Crippen molar-refractivity contribution in [3.63, 3.8) is 0 Å². The summed E-state index contributed by atoms with van der Waals surface area (Å²) in [5.74, 6) is 0.878. The van der Waals surface area contributed by atoms with Crippen LogP contribution in [0.2, 0.25) is 0 Å². The van der Waals surface area contributed by atoms with E-state index >= 15 is 0 Å². The molecule has 2 rings (SSSR count). The maximum absolute atomic E-state index is 2.57. The Morgan fingerprint density at radius 1 is 0.514 bits per heavy atom. The average molecular weight is 502 g/mol. The first-order valence-corrected chi connectivity index (χ1v) is 15.4. The zero-order valence-electron chi connectivity index (χ0n) is 24.1. The van der Waals surface area contributed by atoms with E-state index in [0.717, 1.165) is 19.0 Å². The van der Waals surface area contributed by atoms with Gasteiger partial charge in [0.25, 0.3) is 0 Å². The number of benzene rings is 2. The van der Waals surface area contributed by atoms with E-state index in [1.54, 1.807) is 0 Å². The fourth-order valence-corrected chi connectivity index (χ4v) is 4.89. The molecule has 0 heterocycles. The molecule has 0 amide bonds. The molecule has 204 valence electrons. The fraction of sp³-hybridized carbons (Fsp3) is 0.556. The van der Waals surface area contributed by atoms with E-state index in [9.17, 15) is 0 Å². The first-order chi connectivity index (χ1) is 18.2. The van der Waals surface area contributed by atoms with Gasteiger partial charge in [0.1, 0.15) is 0 Å². The Kier molecular flexibility index (Phi) is 18.4. The third kappa shape index (κ3) is 17.9. The molecule has 0 aliphatic heterocycles. The van der Waals surface area contributed by atoms with Crippen LogP contribution in [0.4, 0.5) is 0 Å². The van der Waals surface area contributed by atoms with Crippen LogP contribution in [0.5, 0.6) is 0 Å². The molecule has 0 aliphatic carbocycles. The lowest BCUT2D eigenvalue weighted by Crippen LogP contribution is -2.25. The van der Waals surface area contributed by atoms with E-state index in [2.05, 4.69) is 104 Å². The molecule has 0 radical (unpaired) electrons. The van der Waals surface area contributed by atoms with Gasteiger partial charge in [-0.25, -0.2) is 0 Å². The van der Waals surface area contributed by atoms with E-state index in [-0.39, 0.29) is 0 Å². The molecule has 0 fully saturated rings. The monoisotopic (exact) mass is 501 g/mol. The number of rotatable bonds is 22. The van der Waals surface area contributed by atoms with Crippen molar-refractivity contribution in [3.8, 4) is 0 Å². The summed E-state index contributed by atoms with van der Waals surface area (Å²) in [6.07, 6.45) is 29.0. The van der Waals surface area contributed by atoms with E-state index in [0.29, 0.717) is 0 Å². The number of unbranched alkanes of at least 4 members (excludes halogenated alkanes) is 12. The van der Waals surface area contributed by atoms with Crippen LogP contribution in [0, 0.1) is 5.92 Å². The number of hydrogen-bond acceptors (Lipinski definition) is 1. The maximum Gasteiger partial charge on any atom is 0.0169 e. The minimum absolute atomic E-state index is 0.878. The van der Waals surface area contributed by atoms with Gasteiger partial charge in [-0.15, -0.1) is 0 Å². The maximum atomic E-state index is 2.57. The quantitative estimate of drug-likeness (QED) is 0.145. The van der Waals surface area contributed by atoms with Gasteiger partial charge in [0.05, 0.1) is 0 Å². The summed E-state index contributed by atoms with van der Waals surface area (Å²) < 4.78 is 0. The van der Waals surface area contributed by atoms with Gasteiger partial charge < -0.3 is 0 Å². The number of nitrogens with zero attached hydrogens (tertiary/aromatic N) is 1. The summed E-state index contributed by atoms with van der Waals surface area (Å²) in [7, 11) is 0. The van der Waals surface area contributed by atoms with Crippen molar-refractivity contribution in [2.45, 2.75) is 104 Å². The zero-order valence-corrected chi connectivity index (χ0v) is 24.1. The van der Waals surface area contributed by atoms with Crippen molar-refractivity contribution < 1.29 is 0 Å². The molecule has 2 aromatic rings. The molecule has 37 heavy (non-hydrogen) atoms. The highest BCUT2D eigenvalue weighted by Gasteiger charge is 2.02. The molecule has 0 saturated heterocycles. The Labute approximate surface area is 230 Å². The molecule has 0 aliphatic rings. The highest BCUT2D eigenvalue weighted by molar-refractivity contribution is 5.49. The Morgan fingerprint density at radius 3 is 1.30 bits per heavy atom. The Hall–Kier alpha value is -2.12. The largest absolute Gasteiger partial charge is 0.296 e. The Bertz CT molecular complexity index is 754. The molecule has 0 spiro atoms. The first-order valence-electron chi connectivity index (χ1n) is 15.4. The molecule has 1 heteroatoms. The summed E-state index contributed by atoms with van der Waals surface area (Å²) in [6, 6.07) is 21.3. The molecular weight excluding hydrogens is 446 g/mol. The van der Waals surface area contributed by atoms with E-state index < -0.39 is 0 Å². The fourth-order valence-electron chi connectivity index (χ4n) is 4.89. The molecule has 0 saturated carbocycles. The molecule has 2 aromatic carbocycles. The van der Waals surface area contributed by atoms with Gasteiger partial charge in [-0.2, -0.15) is 0 Å². The summed E-state index contributed by atoms with van der Waals surface area (Å²) in [5, 5.41) is 0. The topological polar surface area (TPSA) is 3.24 Å². The van der Waals surface area contributed by atoms with Gasteiger partial charge in [0.2, 0.25) is 0 Å². The van der Waals surface area contributed by atoms with Gasteiger partial charge >= 0.3 is 0 Å². The summed E-state index contributed by atoms with van der Waals surface area (Å²) in [6.45, 7) is 7.87. The third-order valence-electron chi connectivity index (χ3n) is 7.20. The Balaban J connectivity index is 1.54. The van der Waals surface area contributed by atoms with Crippen LogP contribution < -0.4 is 0 Å². The van der Waals surface area contributed by atoms with Gasteiger partial charge in [-0.1, -0.05) is 182 Å². The van der Waals surface area contributed by atoms with Crippen molar-refractivity contribution in [2.24, 2.45) is 5.92 Å². The van der Waals surface area contributed by atoms with Crippen molar-refractivity contribution in [3.05, 3.63) is 83.9 Å². The van der Waals surface area contributed by atoms with Crippen LogP contribution in [0.1, 0.15) is 115 Å². The molecular formula is C36H55N. The molecule has 0 atom stereocenters. The van der Waals surface area contributed by atoms with Crippen molar-refractivity contribution in [2.75, 3.05) is 19.6 Å². The van der Waals surface area contributed by atoms with Crippen LogP contribution in [-0.4, -0.2) is 24.5 Å². The van der Waals surface area contributed by atoms with Crippen LogP contribution in [-0.2, 0) is 0 Å². The SMILES string of the molecule is CC(C)CCCCCCCCCCCCCCCN(CC=Cc1ccccc1)CC=Cc1ccccc1. The lowest BCUT2D eigenvalue weighted by atomic mass is 10.0. The Morgan fingerprint density at radius 2 is 0.892 bits per heavy atom. The van der Waals surface area contributed by atoms with E-state index in [1.807, 2.05) is 0 Å². The van der Waals surface area contributed by atoms with Crippen molar-refractivity contribution in [1.29, 1.82) is 0 Å². The van der Waals surface area contributed by atoms with Gasteiger partial charge in [0.15, 0.2) is 0 Å². The van der Waals surface area contributed by atoms with Crippen LogP contribution in [0.15, 0.2) is 72.8 Å². The van der Waals surface area contributed by atoms with E-state index in [1.165, 1.54) is 108 Å². The molecule has 0 bridgehead atoms. The van der Waals surface area contributed by atoms with E-state index in [4.69, 9.17) is 0 Å². The second-order valence-electron chi connectivity index (χ2n) is 11.2. The summed E-state index contributed by atoms with van der Waals surface area (Å²) >= 11 is 0. The summed E-state index contributed by atoms with van der Waals surface area (Å²) in [5.41, 5.74) is 2.56. The second-order valence-corrected chi connectivity index (χ2v) is 11.2. The molecule has 0 aromatic heterocycles. The van der Waals surface area contributed by atoms with Gasteiger partial charge in [0, 0.05) is 13.1 Å². The van der Waals surface area contributed by atoms with Crippen LogP contribution in [0.3, 0.4) is 0 Å². The summed E-state index contributed by atoms with van der Waals surface area (Å²) in [4.78, 5) is 2.57. The smallest absolute Gasteiger partial charge is 0.0169 e. The van der Waals surface area contributed by atoms with Crippen LogP contribution >= 0.6 is 0 Å². The molecule has 1 nitrogen and oxygen atoms in total. The lowest BCUT2D eigenvalue weighted by Gasteiger charge is -2.19. The number of hydrogen-bond donors (Lipinski definition) is 0. The standard InChI is InChI=1S/C36H55N/c1-34(2)24-16-12-10-8-6-4-3-5-7-9-11-13-21-31-37(32-22-29-35-25-17-14-18-26-35)33-23-30-36-27-19-15-20-28-36/h14-15,17-20,22-23,25-30,34H,3-13,16,21,24,31-33H2,1-2H3. The normalized spacial score (nSPS) is 12.0. The lowest BCUT2D eigenvalue weighted by molar-refractivity contribution is 0.324.